The molecule has 3 rings (SSSR count). The molecule has 1 fully saturated rings. The number of rotatable bonds is 4. The number of amides is 2. The second kappa shape index (κ2) is 8.25. The quantitative estimate of drug-likeness (QED) is 0.835. The van der Waals surface area contributed by atoms with Crippen molar-refractivity contribution in [3.63, 3.8) is 0 Å². The molecule has 5 heteroatoms. The van der Waals surface area contributed by atoms with Crippen LogP contribution in [0.1, 0.15) is 33.5 Å². The molecule has 2 aromatic carbocycles. The van der Waals surface area contributed by atoms with Gasteiger partial charge in [-0.15, -0.1) is 0 Å². The summed E-state index contributed by atoms with van der Waals surface area (Å²) in [5, 5.41) is 0. The molecule has 2 aromatic rings. The molecule has 0 aliphatic carbocycles. The van der Waals surface area contributed by atoms with E-state index in [1.165, 1.54) is 0 Å². The van der Waals surface area contributed by atoms with Gasteiger partial charge in [-0.25, -0.2) is 0 Å². The van der Waals surface area contributed by atoms with Gasteiger partial charge in [-0.1, -0.05) is 29.3 Å². The van der Waals surface area contributed by atoms with E-state index in [0.717, 1.165) is 22.4 Å². The van der Waals surface area contributed by atoms with E-state index < -0.39 is 0 Å². The molecule has 142 valence electrons. The highest BCUT2D eigenvalue weighted by Gasteiger charge is 2.24. The first-order chi connectivity index (χ1) is 13.0. The Bertz CT molecular complexity index is 810. The standard InChI is InChI=1S/C22H26N2O3/c1-16-12-17(2)14-19(13-16)22(26)23-9-8-21(25)24(11-10-23)15-18-4-6-20(27-3)7-5-18/h4-7,12-14H,8-11,15H2,1-3H3. The molecule has 1 heterocycles. The van der Waals surface area contributed by atoms with Crippen molar-refractivity contribution in [2.24, 2.45) is 0 Å². The van der Waals surface area contributed by atoms with Gasteiger partial charge in [-0.05, 0) is 43.7 Å². The second-order valence-corrected chi connectivity index (χ2v) is 7.08. The first kappa shape index (κ1) is 19.0. The second-order valence-electron chi connectivity index (χ2n) is 7.08. The third-order valence-corrected chi connectivity index (χ3v) is 4.88. The number of carbonyl (C=O) groups excluding carboxylic acids is 2. The molecule has 1 aliphatic rings. The number of benzene rings is 2. The number of methoxy groups -OCH3 is 1. The van der Waals surface area contributed by atoms with Gasteiger partial charge < -0.3 is 14.5 Å². The maximum Gasteiger partial charge on any atom is 0.253 e. The zero-order valence-electron chi connectivity index (χ0n) is 16.2. The van der Waals surface area contributed by atoms with Crippen molar-refractivity contribution in [1.82, 2.24) is 9.80 Å². The van der Waals surface area contributed by atoms with Crippen molar-refractivity contribution < 1.29 is 14.3 Å². The lowest BCUT2D eigenvalue weighted by atomic mass is 10.1. The monoisotopic (exact) mass is 366 g/mol. The molecule has 27 heavy (non-hydrogen) atoms. The highest BCUT2D eigenvalue weighted by molar-refractivity contribution is 5.95. The molecule has 0 N–H and O–H groups in total. The van der Waals surface area contributed by atoms with Crippen LogP contribution in [0.15, 0.2) is 42.5 Å². The molecular weight excluding hydrogens is 340 g/mol. The lowest BCUT2D eigenvalue weighted by Gasteiger charge is -2.22. The van der Waals surface area contributed by atoms with E-state index in [-0.39, 0.29) is 11.8 Å². The number of ether oxygens (including phenoxy) is 1. The van der Waals surface area contributed by atoms with Crippen molar-refractivity contribution in [1.29, 1.82) is 0 Å². The zero-order chi connectivity index (χ0) is 19.4. The predicted octanol–water partition coefficient (Wildman–Crippen LogP) is 3.19. The first-order valence-electron chi connectivity index (χ1n) is 9.24. The topological polar surface area (TPSA) is 49.9 Å². The molecule has 2 amide bonds. The van der Waals surface area contributed by atoms with Gasteiger partial charge >= 0.3 is 0 Å². The number of nitrogens with zero attached hydrogens (tertiary/aromatic N) is 2. The van der Waals surface area contributed by atoms with Crippen molar-refractivity contribution in [2.45, 2.75) is 26.8 Å². The molecular formula is C22H26N2O3. The van der Waals surface area contributed by atoms with Gasteiger partial charge in [0.05, 0.1) is 7.11 Å². The van der Waals surface area contributed by atoms with Crippen LogP contribution in [0, 0.1) is 13.8 Å². The van der Waals surface area contributed by atoms with Crippen LogP contribution < -0.4 is 4.74 Å². The maximum atomic E-state index is 12.9. The summed E-state index contributed by atoms with van der Waals surface area (Å²) in [5.41, 5.74) is 3.90. The van der Waals surface area contributed by atoms with Crippen molar-refractivity contribution >= 4 is 11.8 Å². The van der Waals surface area contributed by atoms with Gasteiger partial charge in [-0.2, -0.15) is 0 Å². The lowest BCUT2D eigenvalue weighted by Crippen LogP contribution is -2.35. The Balaban J connectivity index is 1.67. The summed E-state index contributed by atoms with van der Waals surface area (Å²) in [5.74, 6) is 0.883. The third-order valence-electron chi connectivity index (χ3n) is 4.88. The smallest absolute Gasteiger partial charge is 0.253 e. The SMILES string of the molecule is COc1ccc(CN2CCN(C(=O)c3cc(C)cc(C)c3)CCC2=O)cc1. The summed E-state index contributed by atoms with van der Waals surface area (Å²) in [6, 6.07) is 13.6. The minimum absolute atomic E-state index is 0.000831. The fraction of sp³-hybridized carbons (Fsp3) is 0.364. The molecule has 5 nitrogen and oxygen atoms in total. The van der Waals surface area contributed by atoms with Crippen molar-refractivity contribution in [3.05, 3.63) is 64.7 Å². The largest absolute Gasteiger partial charge is 0.497 e. The number of hydrogen-bond acceptors (Lipinski definition) is 3. The van der Waals surface area contributed by atoms with Crippen LogP contribution in [0.4, 0.5) is 0 Å². The van der Waals surface area contributed by atoms with E-state index in [0.29, 0.717) is 38.2 Å². The minimum Gasteiger partial charge on any atom is -0.497 e. The van der Waals surface area contributed by atoms with Gasteiger partial charge in [0.2, 0.25) is 5.91 Å². The van der Waals surface area contributed by atoms with Gasteiger partial charge in [0.1, 0.15) is 5.75 Å². The first-order valence-corrected chi connectivity index (χ1v) is 9.24. The molecule has 0 bridgehead atoms. The molecule has 0 aromatic heterocycles. The number of carbonyl (C=O) groups is 2. The van der Waals surface area contributed by atoms with Gasteiger partial charge in [-0.3, -0.25) is 9.59 Å². The minimum atomic E-state index is 0.000831. The molecule has 1 saturated heterocycles. The van der Waals surface area contributed by atoms with Crippen LogP contribution >= 0.6 is 0 Å². The van der Waals surface area contributed by atoms with E-state index in [4.69, 9.17) is 4.74 Å². The summed E-state index contributed by atoms with van der Waals surface area (Å²) in [6.07, 6.45) is 0.354. The summed E-state index contributed by atoms with van der Waals surface area (Å²) in [6.45, 7) is 6.09. The predicted molar refractivity (Wildman–Crippen MR) is 105 cm³/mol. The average molecular weight is 366 g/mol. The average Bonchev–Trinajstić information content (AvgIpc) is 2.83. The van der Waals surface area contributed by atoms with E-state index in [1.54, 1.807) is 12.0 Å². The molecule has 0 spiro atoms. The summed E-state index contributed by atoms with van der Waals surface area (Å²) in [4.78, 5) is 29.0. The number of aryl methyl sites for hydroxylation is 2. The van der Waals surface area contributed by atoms with E-state index in [9.17, 15) is 9.59 Å². The van der Waals surface area contributed by atoms with Crippen LogP contribution in [-0.4, -0.2) is 48.4 Å². The molecule has 0 saturated carbocycles. The fourth-order valence-electron chi connectivity index (χ4n) is 3.47. The van der Waals surface area contributed by atoms with E-state index in [1.807, 2.05) is 55.1 Å². The highest BCUT2D eigenvalue weighted by atomic mass is 16.5. The van der Waals surface area contributed by atoms with Crippen molar-refractivity contribution in [2.75, 3.05) is 26.7 Å². The third kappa shape index (κ3) is 4.67. The van der Waals surface area contributed by atoms with Gasteiger partial charge in [0, 0.05) is 38.2 Å². The highest BCUT2D eigenvalue weighted by Crippen LogP contribution is 2.17. The molecule has 1 aliphatic heterocycles. The van der Waals surface area contributed by atoms with Crippen molar-refractivity contribution in [3.8, 4) is 5.75 Å². The Morgan fingerprint density at radius 1 is 1.00 bits per heavy atom. The summed E-state index contributed by atoms with van der Waals surface area (Å²) < 4.78 is 5.17. The Morgan fingerprint density at radius 3 is 2.30 bits per heavy atom. The van der Waals surface area contributed by atoms with Crippen LogP contribution in [0.25, 0.3) is 0 Å². The number of hydrogen-bond donors (Lipinski definition) is 0. The summed E-state index contributed by atoms with van der Waals surface area (Å²) >= 11 is 0. The Hall–Kier alpha value is -2.82. The van der Waals surface area contributed by atoms with Gasteiger partial charge in [0.15, 0.2) is 0 Å². The van der Waals surface area contributed by atoms with Gasteiger partial charge in [0.25, 0.3) is 5.91 Å². The fourth-order valence-corrected chi connectivity index (χ4v) is 3.47. The van der Waals surface area contributed by atoms with Crippen LogP contribution in [0.5, 0.6) is 5.75 Å². The van der Waals surface area contributed by atoms with E-state index >= 15 is 0 Å². The van der Waals surface area contributed by atoms with Crippen LogP contribution in [0.3, 0.4) is 0 Å². The Labute approximate surface area is 160 Å². The Morgan fingerprint density at radius 2 is 1.67 bits per heavy atom. The lowest BCUT2D eigenvalue weighted by molar-refractivity contribution is -0.130. The summed E-state index contributed by atoms with van der Waals surface area (Å²) in [7, 11) is 1.63. The molecule has 0 radical (unpaired) electrons. The van der Waals surface area contributed by atoms with Crippen LogP contribution in [0.2, 0.25) is 0 Å². The van der Waals surface area contributed by atoms with Crippen LogP contribution in [-0.2, 0) is 11.3 Å². The van der Waals surface area contributed by atoms with E-state index in [2.05, 4.69) is 6.07 Å². The molecule has 0 unspecified atom stereocenters. The Kier molecular flexibility index (Phi) is 5.79. The zero-order valence-corrected chi connectivity index (χ0v) is 16.2. The normalized spacial score (nSPS) is 14.9. The molecule has 0 atom stereocenters. The maximum absolute atomic E-state index is 12.9.